The maximum absolute atomic E-state index is 11.6. The van der Waals surface area contributed by atoms with Crippen LogP contribution in [0.25, 0.3) is 11.1 Å². The Hall–Kier alpha value is -3.08. The highest BCUT2D eigenvalue weighted by atomic mass is 16.1. The summed E-state index contributed by atoms with van der Waals surface area (Å²) in [5, 5.41) is 0. The second-order valence-corrected chi connectivity index (χ2v) is 5.64. The standard InChI is InChI=1S/C19H20N4O.CH4/c1-11(2)14-7-15(12(3)4)9-16(8-14)13(5)21-17-10-18(24)23-19(20-6)22-17;/h7-10H,1,3,6H2,2,4-5H3,(H,22,23,24);1H4. The monoisotopic (exact) mass is 336 g/mol. The average Bonchev–Trinajstić information content (AvgIpc) is 2.53. The molecule has 1 aromatic heterocycles. The first-order valence-electron chi connectivity index (χ1n) is 7.40. The van der Waals surface area contributed by atoms with Crippen molar-refractivity contribution in [3.63, 3.8) is 0 Å². The van der Waals surface area contributed by atoms with Crippen LogP contribution in [0.4, 0.5) is 11.8 Å². The largest absolute Gasteiger partial charge is 0.291 e. The van der Waals surface area contributed by atoms with Gasteiger partial charge in [0.1, 0.15) is 0 Å². The van der Waals surface area contributed by atoms with E-state index < -0.39 is 0 Å². The molecule has 0 aliphatic rings. The van der Waals surface area contributed by atoms with Crippen molar-refractivity contribution in [2.75, 3.05) is 0 Å². The number of allylic oxidation sites excluding steroid dienone is 2. The molecule has 130 valence electrons. The molecule has 0 spiro atoms. The Kier molecular flexibility index (Phi) is 6.51. The maximum Gasteiger partial charge on any atom is 0.254 e. The van der Waals surface area contributed by atoms with Gasteiger partial charge in [0.2, 0.25) is 5.95 Å². The number of hydrogen-bond acceptors (Lipinski definition) is 4. The van der Waals surface area contributed by atoms with E-state index in [0.717, 1.165) is 33.5 Å². The van der Waals surface area contributed by atoms with Crippen molar-refractivity contribution in [3.05, 3.63) is 64.5 Å². The van der Waals surface area contributed by atoms with Crippen LogP contribution in [0.3, 0.4) is 0 Å². The van der Waals surface area contributed by atoms with E-state index in [1.165, 1.54) is 6.07 Å². The second kappa shape index (κ2) is 8.15. The number of nitrogens with zero attached hydrogens (tertiary/aromatic N) is 3. The van der Waals surface area contributed by atoms with E-state index in [0.29, 0.717) is 0 Å². The Bertz CT molecular complexity index is 887. The predicted octanol–water partition coefficient (Wildman–Crippen LogP) is 4.95. The van der Waals surface area contributed by atoms with Gasteiger partial charge in [-0.3, -0.25) is 9.78 Å². The first-order valence-corrected chi connectivity index (χ1v) is 7.40. The van der Waals surface area contributed by atoms with Crippen LogP contribution in [-0.2, 0) is 0 Å². The predicted molar refractivity (Wildman–Crippen MR) is 109 cm³/mol. The molecule has 0 aliphatic carbocycles. The Balaban J connectivity index is 0.00000312. The fourth-order valence-electron chi connectivity index (χ4n) is 2.13. The number of nitrogens with one attached hydrogen (secondary N) is 1. The summed E-state index contributed by atoms with van der Waals surface area (Å²) >= 11 is 0. The van der Waals surface area contributed by atoms with Crippen molar-refractivity contribution in [3.8, 4) is 0 Å². The fourth-order valence-corrected chi connectivity index (χ4v) is 2.13. The summed E-state index contributed by atoms with van der Waals surface area (Å²) < 4.78 is 0. The molecule has 0 aliphatic heterocycles. The number of benzene rings is 1. The maximum atomic E-state index is 11.6. The molecule has 0 radical (unpaired) electrons. The van der Waals surface area contributed by atoms with E-state index in [1.54, 1.807) is 0 Å². The normalized spacial score (nSPS) is 10.8. The zero-order valence-electron chi connectivity index (χ0n) is 14.2. The third-order valence-electron chi connectivity index (χ3n) is 3.48. The number of rotatable bonds is 5. The van der Waals surface area contributed by atoms with Crippen LogP contribution in [0.5, 0.6) is 0 Å². The molecule has 1 aromatic carbocycles. The Morgan fingerprint density at radius 1 is 1.00 bits per heavy atom. The topological polar surface area (TPSA) is 70.5 Å². The van der Waals surface area contributed by atoms with Gasteiger partial charge in [0.15, 0.2) is 5.82 Å². The summed E-state index contributed by atoms with van der Waals surface area (Å²) in [6, 6.07) is 7.38. The molecule has 1 N–H and O–H groups in total. The van der Waals surface area contributed by atoms with Crippen LogP contribution in [0, 0.1) is 0 Å². The van der Waals surface area contributed by atoms with E-state index in [4.69, 9.17) is 0 Å². The van der Waals surface area contributed by atoms with E-state index >= 15 is 0 Å². The molecular formula is C20H24N4O. The van der Waals surface area contributed by atoms with Gasteiger partial charge in [-0.2, -0.15) is 4.98 Å². The lowest BCUT2D eigenvalue weighted by Gasteiger charge is -2.10. The second-order valence-electron chi connectivity index (χ2n) is 5.64. The highest BCUT2D eigenvalue weighted by Gasteiger charge is 2.07. The van der Waals surface area contributed by atoms with Gasteiger partial charge >= 0.3 is 0 Å². The molecule has 1 heterocycles. The van der Waals surface area contributed by atoms with Crippen LogP contribution in [0.1, 0.15) is 44.9 Å². The molecule has 0 bridgehead atoms. The Morgan fingerprint density at radius 3 is 2.00 bits per heavy atom. The summed E-state index contributed by atoms with van der Waals surface area (Å²) in [6.07, 6.45) is 0. The summed E-state index contributed by atoms with van der Waals surface area (Å²) in [5.74, 6) is 0.434. The highest BCUT2D eigenvalue weighted by molar-refractivity contribution is 6.01. The van der Waals surface area contributed by atoms with Gasteiger partial charge in [-0.25, -0.2) is 9.98 Å². The van der Waals surface area contributed by atoms with E-state index in [2.05, 4.69) is 39.8 Å². The van der Waals surface area contributed by atoms with Crippen molar-refractivity contribution in [2.45, 2.75) is 28.2 Å². The quantitative estimate of drug-likeness (QED) is 0.785. The van der Waals surface area contributed by atoms with Gasteiger partial charge in [-0.15, -0.1) is 0 Å². The average molecular weight is 336 g/mol. The SMILES string of the molecule is C.C=Nc1nc(N=C(C)c2cc(C(=C)C)cc(C(=C)C)c2)cc(=O)[nH]1. The molecule has 0 saturated heterocycles. The lowest BCUT2D eigenvalue weighted by molar-refractivity contribution is 1.09. The Morgan fingerprint density at radius 2 is 1.52 bits per heavy atom. The zero-order chi connectivity index (χ0) is 17.9. The van der Waals surface area contributed by atoms with Crippen LogP contribution >= 0.6 is 0 Å². The highest BCUT2D eigenvalue weighted by Crippen LogP contribution is 2.22. The third-order valence-corrected chi connectivity index (χ3v) is 3.48. The van der Waals surface area contributed by atoms with Crippen molar-refractivity contribution in [2.24, 2.45) is 9.98 Å². The minimum Gasteiger partial charge on any atom is -0.291 e. The van der Waals surface area contributed by atoms with Gasteiger partial charge in [0, 0.05) is 11.8 Å². The number of H-pyrrole nitrogens is 1. The summed E-state index contributed by atoms with van der Waals surface area (Å²) in [5.41, 5.74) is 5.29. The smallest absolute Gasteiger partial charge is 0.254 e. The molecule has 0 amide bonds. The number of aliphatic imine (C=N–C) groups is 2. The van der Waals surface area contributed by atoms with Crippen molar-refractivity contribution in [1.82, 2.24) is 9.97 Å². The lowest BCUT2D eigenvalue weighted by atomic mass is 9.97. The van der Waals surface area contributed by atoms with Crippen molar-refractivity contribution >= 4 is 35.3 Å². The van der Waals surface area contributed by atoms with Gasteiger partial charge in [-0.1, -0.05) is 31.7 Å². The van der Waals surface area contributed by atoms with E-state index in [9.17, 15) is 4.79 Å². The summed E-state index contributed by atoms with van der Waals surface area (Å²) in [4.78, 5) is 26.3. The molecule has 0 atom stereocenters. The fraction of sp³-hybridized carbons (Fsp3) is 0.200. The first-order chi connectivity index (χ1) is 11.3. The lowest BCUT2D eigenvalue weighted by Crippen LogP contribution is -2.05. The van der Waals surface area contributed by atoms with Gasteiger partial charge in [0.25, 0.3) is 5.56 Å². The van der Waals surface area contributed by atoms with Gasteiger partial charge < -0.3 is 0 Å². The minimum atomic E-state index is -0.322. The molecule has 0 saturated carbocycles. The van der Waals surface area contributed by atoms with Gasteiger partial charge in [-0.05, 0) is 62.4 Å². The summed E-state index contributed by atoms with van der Waals surface area (Å²) in [6.45, 7) is 17.1. The molecule has 2 rings (SSSR count). The first kappa shape index (κ1) is 20.0. The van der Waals surface area contributed by atoms with Crippen LogP contribution in [0.2, 0.25) is 0 Å². The Labute approximate surface area is 148 Å². The molecule has 2 aromatic rings. The van der Waals surface area contributed by atoms with E-state index in [-0.39, 0.29) is 24.8 Å². The molecule has 5 nitrogen and oxygen atoms in total. The summed E-state index contributed by atoms with van der Waals surface area (Å²) in [7, 11) is 0. The van der Waals surface area contributed by atoms with Crippen LogP contribution in [0.15, 0.2) is 52.2 Å². The number of aromatic amines is 1. The molecule has 0 fully saturated rings. The van der Waals surface area contributed by atoms with Crippen LogP contribution in [-0.4, -0.2) is 22.4 Å². The number of aromatic nitrogens is 2. The van der Waals surface area contributed by atoms with Crippen molar-refractivity contribution in [1.29, 1.82) is 0 Å². The molecule has 5 heteroatoms. The van der Waals surface area contributed by atoms with Gasteiger partial charge in [0.05, 0.1) is 0 Å². The van der Waals surface area contributed by atoms with E-state index in [1.807, 2.05) is 39.0 Å². The molecule has 0 unspecified atom stereocenters. The zero-order valence-corrected chi connectivity index (χ0v) is 14.2. The number of hydrogen-bond donors (Lipinski definition) is 1. The third kappa shape index (κ3) is 4.94. The minimum absolute atomic E-state index is 0. The molecular weight excluding hydrogens is 312 g/mol. The van der Waals surface area contributed by atoms with Crippen LogP contribution < -0.4 is 5.56 Å². The molecule has 25 heavy (non-hydrogen) atoms. The van der Waals surface area contributed by atoms with Crippen molar-refractivity contribution < 1.29 is 0 Å².